The first kappa shape index (κ1) is 29.9. The minimum atomic E-state index is -0.744. The SMILES string of the molecule is c1ccc(-c2nc(-c3ccccc3)nc(-c3cccc4c3C3(c5ccccc5Oc5ccccc53)c3cccc(-c5nc6ccccc6s5)c3-4)n2)cc1. The number of hydrogen-bond acceptors (Lipinski definition) is 6. The van der Waals surface area contributed by atoms with Gasteiger partial charge in [-0.1, -0.05) is 146 Å². The maximum absolute atomic E-state index is 6.70. The van der Waals surface area contributed by atoms with Gasteiger partial charge in [-0.3, -0.25) is 0 Å². The van der Waals surface area contributed by atoms with Gasteiger partial charge in [-0.15, -0.1) is 11.3 Å². The van der Waals surface area contributed by atoms with Crippen molar-refractivity contribution >= 4 is 21.6 Å². The van der Waals surface area contributed by atoms with Crippen LogP contribution in [0.25, 0.3) is 66.1 Å². The third-order valence-electron chi connectivity index (χ3n) is 10.4. The van der Waals surface area contributed by atoms with Crippen molar-refractivity contribution in [1.29, 1.82) is 0 Å². The minimum Gasteiger partial charge on any atom is -0.457 e. The van der Waals surface area contributed by atoms with E-state index in [0.29, 0.717) is 17.5 Å². The van der Waals surface area contributed by atoms with Gasteiger partial charge in [0.15, 0.2) is 17.5 Å². The molecule has 11 rings (SSSR count). The van der Waals surface area contributed by atoms with Gasteiger partial charge in [0.2, 0.25) is 0 Å². The van der Waals surface area contributed by atoms with Crippen LogP contribution in [0.3, 0.4) is 0 Å². The minimum absolute atomic E-state index is 0.615. The second-order valence-corrected chi connectivity index (χ2v) is 14.4. The third-order valence-corrected chi connectivity index (χ3v) is 11.5. The molecule has 5 nitrogen and oxygen atoms in total. The lowest BCUT2D eigenvalue weighted by atomic mass is 9.65. The van der Waals surface area contributed by atoms with Gasteiger partial charge in [-0.05, 0) is 46.5 Å². The molecule has 1 spiro atoms. The van der Waals surface area contributed by atoms with Gasteiger partial charge in [0.25, 0.3) is 0 Å². The highest BCUT2D eigenvalue weighted by molar-refractivity contribution is 7.21. The van der Waals surface area contributed by atoms with Crippen molar-refractivity contribution < 1.29 is 4.74 Å². The van der Waals surface area contributed by atoms with E-state index in [9.17, 15) is 0 Å². The molecule has 9 aromatic rings. The number of hydrogen-bond donors (Lipinski definition) is 0. The molecule has 2 aliphatic rings. The Bertz CT molecular complexity index is 2750. The summed E-state index contributed by atoms with van der Waals surface area (Å²) in [6.07, 6.45) is 0. The molecular weight excluding hydrogens is 669 g/mol. The largest absolute Gasteiger partial charge is 0.457 e. The first-order chi connectivity index (χ1) is 26.3. The number of nitrogens with zero attached hydrogens (tertiary/aromatic N) is 4. The average molecular weight is 697 g/mol. The summed E-state index contributed by atoms with van der Waals surface area (Å²) < 4.78 is 7.86. The summed E-state index contributed by atoms with van der Waals surface area (Å²) in [6, 6.07) is 58.8. The zero-order valence-electron chi connectivity index (χ0n) is 28.3. The van der Waals surface area contributed by atoms with Crippen LogP contribution in [0.1, 0.15) is 22.3 Å². The Balaban J connectivity index is 1.28. The molecule has 0 unspecified atom stereocenters. The van der Waals surface area contributed by atoms with Crippen molar-refractivity contribution in [1.82, 2.24) is 19.9 Å². The Hall–Kier alpha value is -6.76. The first-order valence-corrected chi connectivity index (χ1v) is 18.5. The predicted octanol–water partition coefficient (Wildman–Crippen LogP) is 11.6. The molecular formula is C47H28N4OS. The summed E-state index contributed by atoms with van der Waals surface area (Å²) in [5.41, 5.74) is 10.9. The number of thiazole rings is 1. The second-order valence-electron chi connectivity index (χ2n) is 13.3. The third kappa shape index (κ3) is 4.43. The number of para-hydroxylation sites is 3. The number of fused-ring (bicyclic) bond motifs is 10. The van der Waals surface area contributed by atoms with Gasteiger partial charge in [-0.25, -0.2) is 19.9 Å². The lowest BCUT2D eigenvalue weighted by Gasteiger charge is -2.40. The first-order valence-electron chi connectivity index (χ1n) is 17.6. The van der Waals surface area contributed by atoms with Crippen LogP contribution in [0.2, 0.25) is 0 Å². The average Bonchev–Trinajstić information content (AvgIpc) is 3.80. The second kappa shape index (κ2) is 11.6. The van der Waals surface area contributed by atoms with E-state index in [0.717, 1.165) is 76.8 Å². The highest BCUT2D eigenvalue weighted by atomic mass is 32.1. The molecule has 0 atom stereocenters. The van der Waals surface area contributed by atoms with Crippen molar-refractivity contribution in [2.75, 3.05) is 0 Å². The summed E-state index contributed by atoms with van der Waals surface area (Å²) in [5, 5.41) is 0.989. The molecule has 3 heterocycles. The predicted molar refractivity (Wildman–Crippen MR) is 212 cm³/mol. The highest BCUT2D eigenvalue weighted by Crippen LogP contribution is 2.65. The molecule has 6 heteroatoms. The number of benzene rings is 7. The molecule has 1 aliphatic heterocycles. The van der Waals surface area contributed by atoms with Crippen molar-refractivity contribution in [3.8, 4) is 67.4 Å². The summed E-state index contributed by atoms with van der Waals surface area (Å²) in [6.45, 7) is 0. The topological polar surface area (TPSA) is 60.8 Å². The molecule has 53 heavy (non-hydrogen) atoms. The quantitative estimate of drug-likeness (QED) is 0.183. The Kier molecular flexibility index (Phi) is 6.57. The van der Waals surface area contributed by atoms with Crippen LogP contribution in [0.5, 0.6) is 11.5 Å². The normalized spacial score (nSPS) is 13.2. The lowest BCUT2D eigenvalue weighted by Crippen LogP contribution is -2.32. The zero-order valence-corrected chi connectivity index (χ0v) is 29.1. The fourth-order valence-corrected chi connectivity index (χ4v) is 9.29. The van der Waals surface area contributed by atoms with Crippen LogP contribution in [0.4, 0.5) is 0 Å². The smallest absolute Gasteiger partial charge is 0.164 e. The monoisotopic (exact) mass is 696 g/mol. The van der Waals surface area contributed by atoms with Gasteiger partial charge in [0.05, 0.1) is 15.6 Å². The Morgan fingerprint density at radius 1 is 0.415 bits per heavy atom. The molecule has 0 saturated carbocycles. The van der Waals surface area contributed by atoms with Crippen molar-refractivity contribution in [2.24, 2.45) is 0 Å². The lowest BCUT2D eigenvalue weighted by molar-refractivity contribution is 0.436. The molecule has 0 fully saturated rings. The Morgan fingerprint density at radius 3 is 1.62 bits per heavy atom. The van der Waals surface area contributed by atoms with Gasteiger partial charge in [-0.2, -0.15) is 0 Å². The molecule has 248 valence electrons. The molecule has 0 N–H and O–H groups in total. The van der Waals surface area contributed by atoms with E-state index < -0.39 is 5.41 Å². The number of rotatable bonds is 4. The highest BCUT2D eigenvalue weighted by Gasteiger charge is 2.53. The summed E-state index contributed by atoms with van der Waals surface area (Å²) in [4.78, 5) is 20.8. The number of ether oxygens (including phenoxy) is 1. The van der Waals surface area contributed by atoms with E-state index in [1.165, 1.54) is 5.56 Å². The fraction of sp³-hybridized carbons (Fsp3) is 0.0213. The summed E-state index contributed by atoms with van der Waals surface area (Å²) in [7, 11) is 0. The van der Waals surface area contributed by atoms with Crippen LogP contribution in [0, 0.1) is 0 Å². The van der Waals surface area contributed by atoms with Gasteiger partial charge in [0.1, 0.15) is 16.5 Å². The molecule has 7 aromatic carbocycles. The van der Waals surface area contributed by atoms with Crippen LogP contribution >= 0.6 is 11.3 Å². The molecule has 0 saturated heterocycles. The maximum atomic E-state index is 6.70. The maximum Gasteiger partial charge on any atom is 0.164 e. The van der Waals surface area contributed by atoms with Crippen molar-refractivity contribution in [3.05, 3.63) is 192 Å². The van der Waals surface area contributed by atoms with E-state index in [1.54, 1.807) is 11.3 Å². The molecule has 1 aliphatic carbocycles. The summed E-state index contributed by atoms with van der Waals surface area (Å²) >= 11 is 1.73. The van der Waals surface area contributed by atoms with E-state index >= 15 is 0 Å². The van der Waals surface area contributed by atoms with Crippen LogP contribution in [0.15, 0.2) is 170 Å². The van der Waals surface area contributed by atoms with E-state index in [2.05, 4.69) is 121 Å². The van der Waals surface area contributed by atoms with Crippen LogP contribution < -0.4 is 4.74 Å². The van der Waals surface area contributed by atoms with Gasteiger partial charge < -0.3 is 4.74 Å². The summed E-state index contributed by atoms with van der Waals surface area (Å²) in [5.74, 6) is 3.52. The van der Waals surface area contributed by atoms with Crippen molar-refractivity contribution in [2.45, 2.75) is 5.41 Å². The molecule has 0 amide bonds. The number of aromatic nitrogens is 4. The standard InChI is InChI=1S/C47H28N4OS/c1-3-15-29(16-4-1)43-49-44(30-17-5-2-6-18-30)51-45(50-43)33-21-13-19-31-41-32(46-48-37-25-9-12-28-40(37)53-46)20-14-24-36(41)47(42(31)33)34-22-7-10-26-38(34)52-39-27-11-8-23-35(39)47/h1-28H. The van der Waals surface area contributed by atoms with Crippen molar-refractivity contribution in [3.63, 3.8) is 0 Å². The fourth-order valence-electron chi connectivity index (χ4n) is 8.29. The Morgan fingerprint density at radius 2 is 0.943 bits per heavy atom. The van der Waals surface area contributed by atoms with Gasteiger partial charge in [0, 0.05) is 33.4 Å². The Labute approximate surface area is 309 Å². The van der Waals surface area contributed by atoms with E-state index in [1.807, 2.05) is 48.5 Å². The van der Waals surface area contributed by atoms with Gasteiger partial charge >= 0.3 is 0 Å². The molecule has 0 bridgehead atoms. The van der Waals surface area contributed by atoms with E-state index in [4.69, 9.17) is 24.7 Å². The van der Waals surface area contributed by atoms with E-state index in [-0.39, 0.29) is 0 Å². The molecule has 2 aromatic heterocycles. The molecule has 0 radical (unpaired) electrons. The van der Waals surface area contributed by atoms with Crippen LogP contribution in [-0.2, 0) is 5.41 Å². The van der Waals surface area contributed by atoms with Crippen LogP contribution in [-0.4, -0.2) is 19.9 Å². The zero-order chi connectivity index (χ0) is 34.9.